The second-order valence-corrected chi connectivity index (χ2v) is 11.5. The number of hydrogen-bond acceptors (Lipinski definition) is 5. The Bertz CT molecular complexity index is 1220. The van der Waals surface area contributed by atoms with Crippen LogP contribution in [0.2, 0.25) is 0 Å². The van der Waals surface area contributed by atoms with Crippen LogP contribution in [0.3, 0.4) is 0 Å². The molecule has 0 aliphatic rings. The van der Waals surface area contributed by atoms with Gasteiger partial charge in [-0.3, -0.25) is 14.4 Å². The van der Waals surface area contributed by atoms with Gasteiger partial charge >= 0.3 is 6.09 Å². The first-order valence-electron chi connectivity index (χ1n) is 14.3. The van der Waals surface area contributed by atoms with Gasteiger partial charge in [0.05, 0.1) is 6.42 Å². The molecule has 9 heteroatoms. The lowest BCUT2D eigenvalue weighted by Gasteiger charge is -2.35. The van der Waals surface area contributed by atoms with Crippen molar-refractivity contribution in [1.82, 2.24) is 10.2 Å². The largest absolute Gasteiger partial charge is 0.444 e. The van der Waals surface area contributed by atoms with E-state index in [4.69, 9.17) is 10.5 Å². The third-order valence-corrected chi connectivity index (χ3v) is 6.62. The van der Waals surface area contributed by atoms with Gasteiger partial charge in [-0.05, 0) is 70.7 Å². The molecule has 0 spiro atoms. The Labute approximate surface area is 244 Å². The Kier molecular flexibility index (Phi) is 12.4. The van der Waals surface area contributed by atoms with Crippen LogP contribution < -0.4 is 16.4 Å². The number of nitrogens with two attached hydrogens (primary N) is 1. The summed E-state index contributed by atoms with van der Waals surface area (Å²) in [6, 6.07) is 10.8. The van der Waals surface area contributed by atoms with Gasteiger partial charge in [0, 0.05) is 12.2 Å². The maximum atomic E-state index is 14.2. The van der Waals surface area contributed by atoms with E-state index in [0.717, 1.165) is 36.0 Å². The number of nitrogens with one attached hydrogen (secondary N) is 2. The van der Waals surface area contributed by atoms with Crippen molar-refractivity contribution >= 4 is 29.5 Å². The zero-order valence-electron chi connectivity index (χ0n) is 25.5. The molecule has 0 radical (unpaired) electrons. The van der Waals surface area contributed by atoms with E-state index in [-0.39, 0.29) is 6.54 Å². The maximum Gasteiger partial charge on any atom is 0.408 e. The number of ether oxygens (including phenoxy) is 1. The summed E-state index contributed by atoms with van der Waals surface area (Å²) in [5, 5.41) is 5.54. The predicted octanol–water partition coefficient (Wildman–Crippen LogP) is 5.47. The third-order valence-electron chi connectivity index (χ3n) is 6.62. The van der Waals surface area contributed by atoms with Gasteiger partial charge < -0.3 is 26.0 Å². The monoisotopic (exact) mass is 566 g/mol. The molecule has 0 aromatic heterocycles. The molecule has 2 aromatic rings. The number of hydrogen-bond donors (Lipinski definition) is 3. The van der Waals surface area contributed by atoms with Gasteiger partial charge in [0.15, 0.2) is 0 Å². The van der Waals surface area contributed by atoms with Crippen molar-refractivity contribution in [2.45, 2.75) is 98.3 Å². The van der Waals surface area contributed by atoms with Crippen molar-refractivity contribution < 1.29 is 23.9 Å². The van der Waals surface area contributed by atoms with Crippen LogP contribution in [-0.2, 0) is 19.1 Å². The summed E-state index contributed by atoms with van der Waals surface area (Å²) in [4.78, 5) is 54.6. The van der Waals surface area contributed by atoms with E-state index in [1.54, 1.807) is 26.8 Å². The SMILES string of the molecule is CCCCCCN(C(=O)C(CC(N)=O)NC(=O)OC(C)(C)C)C(C(=O)Nc1ccccc1C)c1cc(C)ccc1C. The molecular weight excluding hydrogens is 520 g/mol. The molecule has 2 aromatic carbocycles. The highest BCUT2D eigenvalue weighted by Crippen LogP contribution is 2.29. The van der Waals surface area contributed by atoms with Crippen molar-refractivity contribution in [1.29, 1.82) is 0 Å². The minimum absolute atomic E-state index is 0.239. The standard InChI is InChI=1S/C32H46N4O5/c1-8-9-10-13-18-36(30(39)26(20-27(33)37)35-31(40)41-32(5,6)7)28(24-19-21(2)16-17-22(24)3)29(38)34-25-15-12-11-14-23(25)4/h11-12,14-17,19,26,28H,8-10,13,18,20H2,1-7H3,(H2,33,37)(H,34,38)(H,35,40). The molecule has 4 N–H and O–H groups in total. The number of amides is 4. The lowest BCUT2D eigenvalue weighted by molar-refractivity contribution is -0.142. The fourth-order valence-corrected chi connectivity index (χ4v) is 4.55. The summed E-state index contributed by atoms with van der Waals surface area (Å²) < 4.78 is 5.36. The summed E-state index contributed by atoms with van der Waals surface area (Å²) in [7, 11) is 0. The molecule has 0 saturated heterocycles. The number of carbonyl (C=O) groups is 4. The molecule has 41 heavy (non-hydrogen) atoms. The maximum absolute atomic E-state index is 14.2. The van der Waals surface area contributed by atoms with Crippen molar-refractivity contribution in [2.24, 2.45) is 5.73 Å². The van der Waals surface area contributed by atoms with E-state index in [9.17, 15) is 19.2 Å². The quantitative estimate of drug-likeness (QED) is 0.277. The van der Waals surface area contributed by atoms with Gasteiger partial charge in [0.25, 0.3) is 5.91 Å². The van der Waals surface area contributed by atoms with Gasteiger partial charge in [0.1, 0.15) is 17.7 Å². The zero-order chi connectivity index (χ0) is 30.7. The Hall–Kier alpha value is -3.88. The third kappa shape index (κ3) is 10.6. The van der Waals surface area contributed by atoms with Crippen molar-refractivity contribution in [2.75, 3.05) is 11.9 Å². The molecule has 0 fully saturated rings. The molecule has 224 valence electrons. The first-order chi connectivity index (χ1) is 19.2. The van der Waals surface area contributed by atoms with Crippen LogP contribution in [0.15, 0.2) is 42.5 Å². The number of alkyl carbamates (subject to hydrolysis) is 1. The molecule has 0 aliphatic heterocycles. The second-order valence-electron chi connectivity index (χ2n) is 11.5. The van der Waals surface area contributed by atoms with E-state index in [1.165, 1.54) is 4.90 Å². The molecule has 2 unspecified atom stereocenters. The highest BCUT2D eigenvalue weighted by molar-refractivity contribution is 6.00. The first-order valence-corrected chi connectivity index (χ1v) is 14.3. The first kappa shape index (κ1) is 33.3. The second kappa shape index (κ2) is 15.2. The minimum atomic E-state index is -1.31. The molecule has 2 rings (SSSR count). The van der Waals surface area contributed by atoms with Crippen LogP contribution >= 0.6 is 0 Å². The van der Waals surface area contributed by atoms with Crippen LogP contribution in [0, 0.1) is 20.8 Å². The fourth-order valence-electron chi connectivity index (χ4n) is 4.55. The molecule has 9 nitrogen and oxygen atoms in total. The molecule has 0 heterocycles. The van der Waals surface area contributed by atoms with E-state index < -0.39 is 47.9 Å². The number of aryl methyl sites for hydroxylation is 3. The van der Waals surface area contributed by atoms with Crippen molar-refractivity contribution in [3.63, 3.8) is 0 Å². The number of unbranched alkanes of at least 4 members (excludes halogenated alkanes) is 3. The van der Waals surface area contributed by atoms with Crippen LogP contribution in [0.5, 0.6) is 0 Å². The number of benzene rings is 2. The van der Waals surface area contributed by atoms with Gasteiger partial charge in [0.2, 0.25) is 11.8 Å². The summed E-state index contributed by atoms with van der Waals surface area (Å²) in [6.07, 6.45) is 2.14. The summed E-state index contributed by atoms with van der Waals surface area (Å²) in [5.41, 5.74) is 8.61. The van der Waals surface area contributed by atoms with E-state index in [2.05, 4.69) is 17.6 Å². The normalized spacial score (nSPS) is 12.7. The van der Waals surface area contributed by atoms with Gasteiger partial charge in [-0.15, -0.1) is 0 Å². The van der Waals surface area contributed by atoms with Crippen LogP contribution in [-0.4, -0.2) is 46.9 Å². The van der Waals surface area contributed by atoms with Crippen molar-refractivity contribution in [3.05, 3.63) is 64.7 Å². The summed E-state index contributed by atoms with van der Waals surface area (Å²) in [5.74, 6) is -1.75. The summed E-state index contributed by atoms with van der Waals surface area (Å²) >= 11 is 0. The average molecular weight is 567 g/mol. The molecule has 0 aliphatic carbocycles. The highest BCUT2D eigenvalue weighted by atomic mass is 16.6. The number of primary amides is 1. The number of para-hydroxylation sites is 1. The predicted molar refractivity (Wildman–Crippen MR) is 161 cm³/mol. The van der Waals surface area contributed by atoms with Gasteiger partial charge in [-0.2, -0.15) is 0 Å². The molecule has 0 bridgehead atoms. The lowest BCUT2D eigenvalue weighted by atomic mass is 9.95. The van der Waals surface area contributed by atoms with Gasteiger partial charge in [-0.25, -0.2) is 4.79 Å². The summed E-state index contributed by atoms with van der Waals surface area (Å²) in [6.45, 7) is 13.1. The van der Waals surface area contributed by atoms with Crippen molar-refractivity contribution in [3.8, 4) is 0 Å². The molecule has 4 amide bonds. The molecular formula is C32H46N4O5. The number of nitrogens with zero attached hydrogens (tertiary/aromatic N) is 1. The Morgan fingerprint density at radius 2 is 1.63 bits per heavy atom. The smallest absolute Gasteiger partial charge is 0.408 e. The van der Waals surface area contributed by atoms with Crippen LogP contribution in [0.1, 0.15) is 88.1 Å². The Balaban J connectivity index is 2.61. The van der Waals surface area contributed by atoms with Crippen LogP contribution in [0.4, 0.5) is 10.5 Å². The van der Waals surface area contributed by atoms with Crippen LogP contribution in [0.25, 0.3) is 0 Å². The number of anilines is 1. The topological polar surface area (TPSA) is 131 Å². The Morgan fingerprint density at radius 3 is 2.24 bits per heavy atom. The fraction of sp³-hybridized carbons (Fsp3) is 0.500. The van der Waals surface area contributed by atoms with E-state index in [0.29, 0.717) is 17.7 Å². The number of rotatable bonds is 13. The van der Waals surface area contributed by atoms with E-state index in [1.807, 2.05) is 57.2 Å². The Morgan fingerprint density at radius 1 is 0.951 bits per heavy atom. The van der Waals surface area contributed by atoms with E-state index >= 15 is 0 Å². The lowest BCUT2D eigenvalue weighted by Crippen LogP contribution is -2.53. The highest BCUT2D eigenvalue weighted by Gasteiger charge is 2.37. The van der Waals surface area contributed by atoms with Gasteiger partial charge in [-0.1, -0.05) is 68.1 Å². The zero-order valence-corrected chi connectivity index (χ0v) is 25.5. The average Bonchev–Trinajstić information content (AvgIpc) is 2.86. The minimum Gasteiger partial charge on any atom is -0.444 e. The molecule has 0 saturated carbocycles. The number of carbonyl (C=O) groups excluding carboxylic acids is 4. The molecule has 2 atom stereocenters.